The van der Waals surface area contributed by atoms with Crippen LogP contribution in [0.5, 0.6) is 0 Å². The molecule has 0 saturated carbocycles. The monoisotopic (exact) mass is 466 g/mol. The predicted octanol–water partition coefficient (Wildman–Crippen LogP) is 3.03. The molecule has 11 heteroatoms. The number of hydrogen-bond donors (Lipinski definition) is 2. The molecule has 0 radical (unpaired) electrons. The number of amides is 1. The highest BCUT2D eigenvalue weighted by atomic mass is 19.4. The van der Waals surface area contributed by atoms with Crippen LogP contribution in [0.1, 0.15) is 43.2 Å². The van der Waals surface area contributed by atoms with Crippen LogP contribution >= 0.6 is 0 Å². The third-order valence-electron chi connectivity index (χ3n) is 5.89. The molecule has 1 fully saturated rings. The summed E-state index contributed by atoms with van der Waals surface area (Å²) < 4.78 is 47.7. The van der Waals surface area contributed by atoms with E-state index in [1.165, 1.54) is 29.2 Å². The molecular weight excluding hydrogens is 441 g/mol. The van der Waals surface area contributed by atoms with Crippen molar-refractivity contribution in [1.29, 1.82) is 0 Å². The second kappa shape index (κ2) is 8.45. The van der Waals surface area contributed by atoms with E-state index in [1.54, 1.807) is 19.1 Å². The van der Waals surface area contributed by atoms with E-state index in [2.05, 4.69) is 15.6 Å². The summed E-state index contributed by atoms with van der Waals surface area (Å²) in [6, 6.07) is 7.78. The number of nitrogens with one attached hydrogen (secondary N) is 1. The number of alkyl halides is 3. The van der Waals surface area contributed by atoms with Gasteiger partial charge in [0.15, 0.2) is 0 Å². The SMILES string of the molecule is Cc1cc([C@H](C(=O)N2C[C@H](O)C[C@H]2C2=N[C@](c3ccccc3)(C(F)(F)F)ON2)C(C)C)on1. The predicted molar refractivity (Wildman–Crippen MR) is 111 cm³/mol. The molecule has 1 aromatic carbocycles. The fourth-order valence-electron chi connectivity index (χ4n) is 4.32. The number of aryl methyl sites for hydroxylation is 1. The van der Waals surface area contributed by atoms with Gasteiger partial charge in [-0.05, 0) is 12.8 Å². The normalized spacial score (nSPS) is 26.4. The molecule has 0 unspecified atom stereocenters. The maximum atomic E-state index is 14.1. The first-order valence-corrected chi connectivity index (χ1v) is 10.6. The fourth-order valence-corrected chi connectivity index (χ4v) is 4.32. The number of amidine groups is 1. The van der Waals surface area contributed by atoms with Gasteiger partial charge >= 0.3 is 11.9 Å². The summed E-state index contributed by atoms with van der Waals surface area (Å²) in [4.78, 5) is 23.8. The van der Waals surface area contributed by atoms with E-state index in [4.69, 9.17) is 9.36 Å². The molecule has 2 aromatic rings. The number of likely N-dealkylation sites (tertiary alicyclic amines) is 1. The summed E-state index contributed by atoms with van der Waals surface area (Å²) in [6.45, 7) is 5.35. The lowest BCUT2D eigenvalue weighted by Crippen LogP contribution is -2.47. The number of hydrogen-bond acceptors (Lipinski definition) is 7. The number of benzene rings is 1. The van der Waals surface area contributed by atoms with Gasteiger partial charge in [0, 0.05) is 24.6 Å². The van der Waals surface area contributed by atoms with Crippen LogP contribution in [0.2, 0.25) is 0 Å². The van der Waals surface area contributed by atoms with Crippen molar-refractivity contribution < 1.29 is 32.4 Å². The van der Waals surface area contributed by atoms with Crippen LogP contribution in [0.25, 0.3) is 0 Å². The highest BCUT2D eigenvalue weighted by molar-refractivity contribution is 5.94. The Kier molecular flexibility index (Phi) is 5.95. The van der Waals surface area contributed by atoms with Crippen molar-refractivity contribution in [2.75, 3.05) is 6.54 Å². The molecule has 3 heterocycles. The molecule has 178 valence electrons. The van der Waals surface area contributed by atoms with Gasteiger partial charge in [0.1, 0.15) is 17.5 Å². The lowest BCUT2D eigenvalue weighted by atomic mass is 9.91. The van der Waals surface area contributed by atoms with Crippen LogP contribution in [0.4, 0.5) is 13.2 Å². The molecule has 0 aliphatic carbocycles. The van der Waals surface area contributed by atoms with E-state index >= 15 is 0 Å². The minimum absolute atomic E-state index is 0.0178. The van der Waals surface area contributed by atoms with Crippen LogP contribution in [-0.4, -0.2) is 51.8 Å². The number of aromatic nitrogens is 1. The Bertz CT molecular complexity index is 1040. The van der Waals surface area contributed by atoms with Crippen molar-refractivity contribution in [3.8, 4) is 0 Å². The van der Waals surface area contributed by atoms with E-state index in [-0.39, 0.29) is 30.3 Å². The maximum absolute atomic E-state index is 14.1. The maximum Gasteiger partial charge on any atom is 0.445 e. The van der Waals surface area contributed by atoms with Crippen molar-refractivity contribution >= 4 is 11.7 Å². The quantitative estimate of drug-likeness (QED) is 0.703. The molecule has 1 aromatic heterocycles. The van der Waals surface area contributed by atoms with Crippen LogP contribution < -0.4 is 5.48 Å². The molecule has 4 rings (SSSR count). The van der Waals surface area contributed by atoms with E-state index < -0.39 is 35.9 Å². The van der Waals surface area contributed by atoms with Gasteiger partial charge in [-0.1, -0.05) is 49.3 Å². The smallest absolute Gasteiger partial charge is 0.391 e. The van der Waals surface area contributed by atoms with Crippen molar-refractivity contribution in [2.45, 2.75) is 57.2 Å². The molecule has 0 bridgehead atoms. The number of aliphatic imine (C=N–C) groups is 1. The van der Waals surface area contributed by atoms with Gasteiger partial charge in [-0.15, -0.1) is 0 Å². The average molecular weight is 466 g/mol. The Morgan fingerprint density at radius 2 is 2.00 bits per heavy atom. The van der Waals surface area contributed by atoms with Gasteiger partial charge in [0.2, 0.25) is 5.91 Å². The van der Waals surface area contributed by atoms with Gasteiger partial charge in [-0.3, -0.25) is 4.79 Å². The number of aliphatic hydroxyl groups excluding tert-OH is 1. The highest BCUT2D eigenvalue weighted by Gasteiger charge is 2.62. The molecule has 2 aliphatic rings. The number of rotatable bonds is 5. The Morgan fingerprint density at radius 1 is 1.30 bits per heavy atom. The zero-order valence-electron chi connectivity index (χ0n) is 18.3. The lowest BCUT2D eigenvalue weighted by Gasteiger charge is -2.29. The third kappa shape index (κ3) is 4.10. The first-order valence-electron chi connectivity index (χ1n) is 10.6. The summed E-state index contributed by atoms with van der Waals surface area (Å²) >= 11 is 0. The molecule has 33 heavy (non-hydrogen) atoms. The van der Waals surface area contributed by atoms with E-state index in [1.807, 2.05) is 13.8 Å². The minimum atomic E-state index is -4.87. The third-order valence-corrected chi connectivity index (χ3v) is 5.89. The molecule has 1 saturated heterocycles. The van der Waals surface area contributed by atoms with Gasteiger partial charge in [-0.2, -0.15) is 13.2 Å². The number of hydroxylamine groups is 1. The number of aliphatic hydroxyl groups is 1. The first-order chi connectivity index (χ1) is 15.5. The van der Waals surface area contributed by atoms with E-state index in [0.717, 1.165) is 0 Å². The summed E-state index contributed by atoms with van der Waals surface area (Å²) in [6.07, 6.45) is -5.78. The summed E-state index contributed by atoms with van der Waals surface area (Å²) in [5.74, 6) is -1.10. The number of carbonyl (C=O) groups excluding carboxylic acids is 1. The summed E-state index contributed by atoms with van der Waals surface area (Å²) in [5.41, 5.74) is -0.246. The van der Waals surface area contributed by atoms with Crippen LogP contribution in [0.15, 0.2) is 45.9 Å². The standard InChI is InChI=1S/C22H25F3N4O4/c1-12(2)18(17-9-13(3)27-32-17)20(31)29-11-15(30)10-16(29)19-26-21(33-28-19,22(23,24)25)14-7-5-4-6-8-14/h4-9,12,15-16,18,30H,10-11H2,1-3H3,(H,26,28)/t15-,16+,18-,21+/m1/s1. The Labute approximate surface area is 188 Å². The van der Waals surface area contributed by atoms with E-state index in [0.29, 0.717) is 11.5 Å². The molecule has 1 amide bonds. The summed E-state index contributed by atoms with van der Waals surface area (Å²) in [5, 5.41) is 14.1. The Balaban J connectivity index is 1.70. The first kappa shape index (κ1) is 23.2. The van der Waals surface area contributed by atoms with Crippen molar-refractivity contribution in [2.24, 2.45) is 10.9 Å². The van der Waals surface area contributed by atoms with Crippen molar-refractivity contribution in [3.63, 3.8) is 0 Å². The average Bonchev–Trinajstić information content (AvgIpc) is 3.46. The Morgan fingerprint density at radius 3 is 2.58 bits per heavy atom. The van der Waals surface area contributed by atoms with Gasteiger partial charge in [0.25, 0.3) is 0 Å². The van der Waals surface area contributed by atoms with Gasteiger partial charge in [0.05, 0.1) is 17.8 Å². The molecule has 2 aliphatic heterocycles. The molecular formula is C22H25F3N4O4. The van der Waals surface area contributed by atoms with Crippen molar-refractivity contribution in [1.82, 2.24) is 15.5 Å². The number of nitrogens with zero attached hydrogens (tertiary/aromatic N) is 3. The van der Waals surface area contributed by atoms with Crippen molar-refractivity contribution in [3.05, 3.63) is 53.4 Å². The zero-order valence-corrected chi connectivity index (χ0v) is 18.3. The zero-order chi connectivity index (χ0) is 24.0. The van der Waals surface area contributed by atoms with Crippen LogP contribution in [0.3, 0.4) is 0 Å². The number of β-amino-alcohol motifs (C(OH)–C–C–N with tert-alkyl or cyclic N) is 1. The Hall–Kier alpha value is -2.92. The number of halogens is 3. The lowest BCUT2D eigenvalue weighted by molar-refractivity contribution is -0.285. The van der Waals surface area contributed by atoms with Gasteiger partial charge in [-0.25, -0.2) is 15.3 Å². The molecule has 0 spiro atoms. The molecule has 2 N–H and O–H groups in total. The largest absolute Gasteiger partial charge is 0.445 e. The second-order valence-corrected chi connectivity index (χ2v) is 8.70. The van der Waals surface area contributed by atoms with Gasteiger partial charge < -0.3 is 14.5 Å². The van der Waals surface area contributed by atoms with Crippen LogP contribution in [0, 0.1) is 12.8 Å². The topological polar surface area (TPSA) is 100 Å². The molecule has 8 nitrogen and oxygen atoms in total. The summed E-state index contributed by atoms with van der Waals surface area (Å²) in [7, 11) is 0. The van der Waals surface area contributed by atoms with E-state index in [9.17, 15) is 23.1 Å². The van der Waals surface area contributed by atoms with Crippen LogP contribution in [-0.2, 0) is 15.4 Å². The minimum Gasteiger partial charge on any atom is -0.391 e. The second-order valence-electron chi connectivity index (χ2n) is 8.70. The highest BCUT2D eigenvalue weighted by Crippen LogP contribution is 2.45. The molecule has 4 atom stereocenters. The number of carbonyl (C=O) groups is 1. The fraction of sp³-hybridized carbons (Fsp3) is 0.500.